The molecule has 1 aliphatic rings. The first-order valence-electron chi connectivity index (χ1n) is 8.38. The maximum atomic E-state index is 12.2. The molecule has 0 atom stereocenters. The quantitative estimate of drug-likeness (QED) is 0.693. The molecular weight excluding hydrogens is 298 g/mol. The third kappa shape index (κ3) is 2.85. The minimum Gasteiger partial charge on any atom is -0.459 e. The van der Waals surface area contributed by atoms with E-state index in [1.54, 1.807) is 6.08 Å². The summed E-state index contributed by atoms with van der Waals surface area (Å²) in [5.74, 6) is 0.929. The summed E-state index contributed by atoms with van der Waals surface area (Å²) in [7, 11) is 0. The van der Waals surface area contributed by atoms with Crippen molar-refractivity contribution in [1.82, 2.24) is 0 Å². The van der Waals surface area contributed by atoms with Crippen LogP contribution in [0.25, 0.3) is 17.0 Å². The van der Waals surface area contributed by atoms with Gasteiger partial charge in [0.05, 0.1) is 5.69 Å². The van der Waals surface area contributed by atoms with Crippen LogP contribution in [0.2, 0.25) is 0 Å². The number of para-hydroxylation sites is 1. The maximum absolute atomic E-state index is 12.2. The molecule has 1 heterocycles. The Bertz CT molecular complexity index is 906. The van der Waals surface area contributed by atoms with E-state index in [0.717, 1.165) is 40.8 Å². The number of carbonyl (C=O) groups excluding carboxylic acids is 1. The molecule has 0 saturated heterocycles. The van der Waals surface area contributed by atoms with Crippen LogP contribution in [0.15, 0.2) is 59.0 Å². The van der Waals surface area contributed by atoms with Gasteiger partial charge in [0.1, 0.15) is 5.76 Å². The smallest absolute Gasteiger partial charge is 0.248 e. The Hall–Kier alpha value is -2.81. The van der Waals surface area contributed by atoms with Crippen molar-refractivity contribution < 1.29 is 9.21 Å². The van der Waals surface area contributed by atoms with Gasteiger partial charge in [0.2, 0.25) is 5.91 Å². The fraction of sp³-hybridized carbons (Fsp3) is 0.190. The maximum Gasteiger partial charge on any atom is 0.248 e. The number of fused-ring (bicyclic) bond motifs is 3. The van der Waals surface area contributed by atoms with Crippen LogP contribution < -0.4 is 5.32 Å². The van der Waals surface area contributed by atoms with E-state index in [1.807, 2.05) is 48.5 Å². The number of nitrogens with one attached hydrogen (secondary N) is 1. The fourth-order valence-corrected chi connectivity index (χ4v) is 3.29. The fourth-order valence-electron chi connectivity index (χ4n) is 3.29. The summed E-state index contributed by atoms with van der Waals surface area (Å²) in [4.78, 5) is 12.2. The molecule has 0 bridgehead atoms. The Morgan fingerprint density at radius 2 is 1.83 bits per heavy atom. The first-order chi connectivity index (χ1) is 11.8. The third-order valence-electron chi connectivity index (χ3n) is 4.47. The molecule has 0 saturated carbocycles. The predicted molar refractivity (Wildman–Crippen MR) is 97.0 cm³/mol. The topological polar surface area (TPSA) is 42.2 Å². The Morgan fingerprint density at radius 3 is 2.71 bits per heavy atom. The number of carbonyl (C=O) groups is 1. The number of aryl methyl sites for hydroxylation is 2. The molecule has 3 heteroatoms. The number of hydrogen-bond donors (Lipinski definition) is 1. The van der Waals surface area contributed by atoms with E-state index in [1.165, 1.54) is 18.4 Å². The van der Waals surface area contributed by atoms with E-state index in [9.17, 15) is 4.79 Å². The molecule has 0 radical (unpaired) electrons. The van der Waals surface area contributed by atoms with Crippen molar-refractivity contribution in [2.24, 2.45) is 0 Å². The largest absolute Gasteiger partial charge is 0.459 e. The molecule has 3 nitrogen and oxygen atoms in total. The molecular formula is C21H19NO2. The molecule has 2 aromatic carbocycles. The number of furan rings is 1. The second-order valence-electron chi connectivity index (χ2n) is 6.13. The monoisotopic (exact) mass is 317 g/mol. The minimum atomic E-state index is -0.152. The standard InChI is InChI=1S/C21H19NO2/c23-20(14-13-15-7-2-1-3-8-15)22-18-11-6-10-17-16-9-4-5-12-19(16)24-21(17)18/h1-3,6-8,10-11,13-14H,4-5,9,12H2,(H,22,23). The normalized spacial score (nSPS) is 14.0. The zero-order valence-corrected chi connectivity index (χ0v) is 13.4. The van der Waals surface area contributed by atoms with E-state index in [4.69, 9.17) is 4.42 Å². The van der Waals surface area contributed by atoms with Crippen molar-refractivity contribution in [2.75, 3.05) is 5.32 Å². The van der Waals surface area contributed by atoms with E-state index < -0.39 is 0 Å². The van der Waals surface area contributed by atoms with Crippen LogP contribution in [-0.4, -0.2) is 5.91 Å². The highest BCUT2D eigenvalue weighted by Crippen LogP contribution is 2.35. The van der Waals surface area contributed by atoms with Crippen LogP contribution in [0.1, 0.15) is 29.7 Å². The lowest BCUT2D eigenvalue weighted by Gasteiger charge is -2.08. The lowest BCUT2D eigenvalue weighted by atomic mass is 9.96. The van der Waals surface area contributed by atoms with Crippen molar-refractivity contribution in [3.8, 4) is 0 Å². The van der Waals surface area contributed by atoms with Gasteiger partial charge in [-0.2, -0.15) is 0 Å². The molecule has 24 heavy (non-hydrogen) atoms. The number of anilines is 1. The third-order valence-corrected chi connectivity index (χ3v) is 4.47. The van der Waals surface area contributed by atoms with Crippen molar-refractivity contribution >= 4 is 28.6 Å². The Morgan fingerprint density at radius 1 is 1.00 bits per heavy atom. The van der Waals surface area contributed by atoms with Crippen LogP contribution in [0.5, 0.6) is 0 Å². The molecule has 120 valence electrons. The molecule has 1 aromatic heterocycles. The zero-order chi connectivity index (χ0) is 16.4. The Kier molecular flexibility index (Phi) is 3.91. The first-order valence-corrected chi connectivity index (χ1v) is 8.38. The number of hydrogen-bond acceptors (Lipinski definition) is 2. The second kappa shape index (κ2) is 6.36. The van der Waals surface area contributed by atoms with Gasteiger partial charge in [0.15, 0.2) is 5.58 Å². The summed E-state index contributed by atoms with van der Waals surface area (Å²) >= 11 is 0. The summed E-state index contributed by atoms with van der Waals surface area (Å²) < 4.78 is 6.05. The molecule has 3 aromatic rings. The predicted octanol–water partition coefficient (Wildman–Crippen LogP) is 4.96. The molecule has 4 rings (SSSR count). The van der Waals surface area contributed by atoms with Crippen LogP contribution in [-0.2, 0) is 17.6 Å². The average Bonchev–Trinajstić information content (AvgIpc) is 3.01. The molecule has 0 spiro atoms. The SMILES string of the molecule is O=C(C=Cc1ccccc1)Nc1cccc2c3c(oc12)CCCC3. The average molecular weight is 317 g/mol. The van der Waals surface area contributed by atoms with Gasteiger partial charge in [-0.15, -0.1) is 0 Å². The van der Waals surface area contributed by atoms with Gasteiger partial charge < -0.3 is 9.73 Å². The molecule has 1 N–H and O–H groups in total. The van der Waals surface area contributed by atoms with Gasteiger partial charge in [-0.05, 0) is 37.0 Å². The van der Waals surface area contributed by atoms with Crippen molar-refractivity contribution in [1.29, 1.82) is 0 Å². The Balaban J connectivity index is 1.59. The van der Waals surface area contributed by atoms with E-state index in [-0.39, 0.29) is 5.91 Å². The number of benzene rings is 2. The van der Waals surface area contributed by atoms with Gasteiger partial charge >= 0.3 is 0 Å². The number of amides is 1. The summed E-state index contributed by atoms with van der Waals surface area (Å²) in [6, 6.07) is 15.7. The van der Waals surface area contributed by atoms with Gasteiger partial charge in [-0.25, -0.2) is 0 Å². The van der Waals surface area contributed by atoms with Crippen LogP contribution in [0, 0.1) is 0 Å². The molecule has 0 aliphatic heterocycles. The molecule has 1 aliphatic carbocycles. The van der Waals surface area contributed by atoms with Crippen LogP contribution >= 0.6 is 0 Å². The van der Waals surface area contributed by atoms with Crippen LogP contribution in [0.4, 0.5) is 5.69 Å². The molecule has 1 amide bonds. The van der Waals surface area contributed by atoms with Crippen molar-refractivity contribution in [2.45, 2.75) is 25.7 Å². The first kappa shape index (κ1) is 14.8. The lowest BCUT2D eigenvalue weighted by Crippen LogP contribution is -2.07. The van der Waals surface area contributed by atoms with E-state index >= 15 is 0 Å². The van der Waals surface area contributed by atoms with E-state index in [0.29, 0.717) is 0 Å². The highest BCUT2D eigenvalue weighted by molar-refractivity contribution is 6.06. The summed E-state index contributed by atoms with van der Waals surface area (Å²) in [6.07, 6.45) is 7.80. The van der Waals surface area contributed by atoms with Gasteiger partial charge in [-0.3, -0.25) is 4.79 Å². The van der Waals surface area contributed by atoms with Gasteiger partial charge in [0, 0.05) is 23.4 Å². The number of rotatable bonds is 3. The summed E-state index contributed by atoms with van der Waals surface area (Å²) in [6.45, 7) is 0. The highest BCUT2D eigenvalue weighted by Gasteiger charge is 2.19. The second-order valence-corrected chi connectivity index (χ2v) is 6.13. The molecule has 0 unspecified atom stereocenters. The minimum absolute atomic E-state index is 0.152. The van der Waals surface area contributed by atoms with Gasteiger partial charge in [0.25, 0.3) is 0 Å². The zero-order valence-electron chi connectivity index (χ0n) is 13.4. The summed E-state index contributed by atoms with van der Waals surface area (Å²) in [5, 5.41) is 4.08. The van der Waals surface area contributed by atoms with Crippen LogP contribution in [0.3, 0.4) is 0 Å². The highest BCUT2D eigenvalue weighted by atomic mass is 16.3. The lowest BCUT2D eigenvalue weighted by molar-refractivity contribution is -0.111. The van der Waals surface area contributed by atoms with Gasteiger partial charge in [-0.1, -0.05) is 42.5 Å². The van der Waals surface area contributed by atoms with Crippen molar-refractivity contribution in [3.63, 3.8) is 0 Å². The Labute approximate surface area is 141 Å². The van der Waals surface area contributed by atoms with E-state index in [2.05, 4.69) is 11.4 Å². The van der Waals surface area contributed by atoms with Crippen molar-refractivity contribution in [3.05, 3.63) is 71.5 Å². The molecule has 0 fully saturated rings. The summed E-state index contributed by atoms with van der Waals surface area (Å²) in [5.41, 5.74) is 3.85.